The SMILES string of the molecule is COc1cccc(CNC(=O)c2oc3c(c2C)[C@@H]2N=C(C)S[C@@H]2CC3)c1. The van der Waals surface area contributed by atoms with Crippen LogP contribution in [-0.2, 0) is 13.0 Å². The van der Waals surface area contributed by atoms with E-state index in [2.05, 4.69) is 12.2 Å². The molecule has 2 aromatic rings. The number of thioether (sulfide) groups is 1. The van der Waals surface area contributed by atoms with Gasteiger partial charge in [-0.1, -0.05) is 12.1 Å². The Kier molecular flexibility index (Phi) is 4.53. The summed E-state index contributed by atoms with van der Waals surface area (Å²) in [5.41, 5.74) is 3.04. The lowest BCUT2D eigenvalue weighted by Gasteiger charge is -2.22. The van der Waals surface area contributed by atoms with Gasteiger partial charge >= 0.3 is 0 Å². The zero-order chi connectivity index (χ0) is 18.3. The number of rotatable bonds is 4. The second-order valence-electron chi connectivity index (χ2n) is 6.72. The number of hydrogen-bond donors (Lipinski definition) is 1. The van der Waals surface area contributed by atoms with Crippen molar-refractivity contribution >= 4 is 22.7 Å². The molecule has 136 valence electrons. The zero-order valence-electron chi connectivity index (χ0n) is 15.2. The molecule has 1 aromatic carbocycles. The molecule has 0 saturated carbocycles. The summed E-state index contributed by atoms with van der Waals surface area (Å²) >= 11 is 1.85. The third kappa shape index (κ3) is 3.03. The maximum absolute atomic E-state index is 12.7. The summed E-state index contributed by atoms with van der Waals surface area (Å²) in [7, 11) is 1.63. The van der Waals surface area contributed by atoms with Crippen LogP contribution in [0.25, 0.3) is 0 Å². The number of carbonyl (C=O) groups is 1. The molecule has 1 aromatic heterocycles. The summed E-state index contributed by atoms with van der Waals surface area (Å²) in [5, 5.41) is 4.56. The summed E-state index contributed by atoms with van der Waals surface area (Å²) in [6.07, 6.45) is 1.91. The molecular formula is C20H22N2O3S. The Balaban J connectivity index is 1.53. The van der Waals surface area contributed by atoms with Gasteiger partial charge in [0, 0.05) is 29.3 Å². The number of fused-ring (bicyclic) bond motifs is 3. The van der Waals surface area contributed by atoms with Gasteiger partial charge in [-0.3, -0.25) is 9.79 Å². The molecule has 2 heterocycles. The number of amides is 1. The van der Waals surface area contributed by atoms with Gasteiger partial charge in [-0.2, -0.15) is 0 Å². The van der Waals surface area contributed by atoms with E-state index < -0.39 is 0 Å². The highest BCUT2D eigenvalue weighted by Crippen LogP contribution is 2.47. The molecule has 26 heavy (non-hydrogen) atoms. The lowest BCUT2D eigenvalue weighted by molar-refractivity contribution is 0.0920. The van der Waals surface area contributed by atoms with Gasteiger partial charge in [0.1, 0.15) is 11.5 Å². The van der Waals surface area contributed by atoms with Gasteiger partial charge in [0.15, 0.2) is 5.76 Å². The van der Waals surface area contributed by atoms with Gasteiger partial charge in [0.2, 0.25) is 0 Å². The maximum atomic E-state index is 12.7. The first-order valence-electron chi connectivity index (χ1n) is 8.81. The fraction of sp³-hybridized carbons (Fsp3) is 0.400. The van der Waals surface area contributed by atoms with Crippen molar-refractivity contribution in [2.24, 2.45) is 4.99 Å². The summed E-state index contributed by atoms with van der Waals surface area (Å²) < 4.78 is 11.2. The molecule has 6 heteroatoms. The van der Waals surface area contributed by atoms with Crippen LogP contribution in [0.3, 0.4) is 0 Å². The number of benzene rings is 1. The van der Waals surface area contributed by atoms with Crippen molar-refractivity contribution in [2.75, 3.05) is 7.11 Å². The van der Waals surface area contributed by atoms with Crippen molar-refractivity contribution in [3.8, 4) is 5.75 Å². The van der Waals surface area contributed by atoms with Gasteiger partial charge in [0.05, 0.1) is 18.2 Å². The van der Waals surface area contributed by atoms with Crippen molar-refractivity contribution < 1.29 is 13.9 Å². The van der Waals surface area contributed by atoms with E-state index in [1.165, 1.54) is 0 Å². The van der Waals surface area contributed by atoms with Crippen molar-refractivity contribution in [2.45, 2.75) is 44.5 Å². The fourth-order valence-electron chi connectivity index (χ4n) is 3.75. The molecule has 5 nitrogen and oxygen atoms in total. The van der Waals surface area contributed by atoms with Crippen LogP contribution in [0.4, 0.5) is 0 Å². The fourth-order valence-corrected chi connectivity index (χ4v) is 4.93. The predicted octanol–water partition coefficient (Wildman–Crippen LogP) is 4.05. The van der Waals surface area contributed by atoms with Gasteiger partial charge in [-0.25, -0.2) is 0 Å². The molecule has 1 aliphatic carbocycles. The molecule has 0 bridgehead atoms. The topological polar surface area (TPSA) is 63.8 Å². The van der Waals surface area contributed by atoms with E-state index in [4.69, 9.17) is 14.1 Å². The van der Waals surface area contributed by atoms with Crippen molar-refractivity contribution in [1.82, 2.24) is 5.32 Å². The number of methoxy groups -OCH3 is 1. The Morgan fingerprint density at radius 3 is 3.08 bits per heavy atom. The summed E-state index contributed by atoms with van der Waals surface area (Å²) in [4.78, 5) is 17.5. The van der Waals surface area contributed by atoms with Crippen LogP contribution in [0.15, 0.2) is 33.7 Å². The number of hydrogen-bond acceptors (Lipinski definition) is 5. The van der Waals surface area contributed by atoms with Gasteiger partial charge in [0.25, 0.3) is 5.91 Å². The van der Waals surface area contributed by atoms with Crippen LogP contribution in [0.1, 0.15) is 52.4 Å². The summed E-state index contributed by atoms with van der Waals surface area (Å²) in [6.45, 7) is 4.46. The van der Waals surface area contributed by atoms with Crippen LogP contribution in [0.2, 0.25) is 0 Å². The van der Waals surface area contributed by atoms with E-state index in [1.807, 2.05) is 43.0 Å². The van der Waals surface area contributed by atoms with E-state index in [0.717, 1.165) is 46.1 Å². The molecular weight excluding hydrogens is 348 g/mol. The Morgan fingerprint density at radius 1 is 1.42 bits per heavy atom. The van der Waals surface area contributed by atoms with Gasteiger partial charge in [-0.15, -0.1) is 11.8 Å². The molecule has 2 atom stereocenters. The number of aryl methyl sites for hydroxylation is 1. The lowest BCUT2D eigenvalue weighted by Crippen LogP contribution is -2.23. The molecule has 2 aliphatic rings. The largest absolute Gasteiger partial charge is 0.497 e. The average Bonchev–Trinajstić information content (AvgIpc) is 3.19. The van der Waals surface area contributed by atoms with Crippen LogP contribution < -0.4 is 10.1 Å². The summed E-state index contributed by atoms with van der Waals surface area (Å²) in [6, 6.07) is 7.80. The lowest BCUT2D eigenvalue weighted by atomic mass is 9.90. The van der Waals surface area contributed by atoms with Crippen LogP contribution in [0.5, 0.6) is 5.75 Å². The molecule has 0 fully saturated rings. The number of nitrogens with zero attached hydrogens (tertiary/aromatic N) is 1. The van der Waals surface area contributed by atoms with Crippen LogP contribution >= 0.6 is 11.8 Å². The number of aliphatic imine (C=N–C) groups is 1. The van der Waals surface area contributed by atoms with Crippen molar-refractivity contribution in [1.29, 1.82) is 0 Å². The van der Waals surface area contributed by atoms with E-state index in [9.17, 15) is 4.79 Å². The zero-order valence-corrected chi connectivity index (χ0v) is 16.0. The second kappa shape index (κ2) is 6.83. The number of furan rings is 1. The Hall–Kier alpha value is -2.21. The minimum atomic E-state index is -0.178. The van der Waals surface area contributed by atoms with Crippen molar-refractivity contribution in [3.63, 3.8) is 0 Å². The highest BCUT2D eigenvalue weighted by atomic mass is 32.2. The predicted molar refractivity (Wildman–Crippen MR) is 103 cm³/mol. The third-order valence-corrected chi connectivity index (χ3v) is 6.25. The number of nitrogens with one attached hydrogen (secondary N) is 1. The molecule has 1 N–H and O–H groups in total. The number of ether oxygens (including phenoxy) is 1. The molecule has 4 rings (SSSR count). The molecule has 0 radical (unpaired) electrons. The Morgan fingerprint density at radius 2 is 2.27 bits per heavy atom. The Bertz CT molecular complexity index is 887. The molecule has 1 aliphatic heterocycles. The minimum Gasteiger partial charge on any atom is -0.497 e. The average molecular weight is 370 g/mol. The smallest absolute Gasteiger partial charge is 0.287 e. The third-order valence-electron chi connectivity index (χ3n) is 5.01. The maximum Gasteiger partial charge on any atom is 0.287 e. The van der Waals surface area contributed by atoms with E-state index >= 15 is 0 Å². The van der Waals surface area contributed by atoms with Crippen LogP contribution in [0, 0.1) is 6.92 Å². The van der Waals surface area contributed by atoms with E-state index in [1.54, 1.807) is 7.11 Å². The quantitative estimate of drug-likeness (QED) is 0.882. The highest BCUT2D eigenvalue weighted by molar-refractivity contribution is 8.14. The first-order valence-corrected chi connectivity index (χ1v) is 9.69. The highest BCUT2D eigenvalue weighted by Gasteiger charge is 2.39. The first-order chi connectivity index (χ1) is 12.6. The molecule has 0 unspecified atom stereocenters. The van der Waals surface area contributed by atoms with Gasteiger partial charge < -0.3 is 14.5 Å². The molecule has 1 amide bonds. The first kappa shape index (κ1) is 17.2. The molecule has 0 saturated heterocycles. The van der Waals surface area contributed by atoms with E-state index in [0.29, 0.717) is 17.6 Å². The van der Waals surface area contributed by atoms with Crippen LogP contribution in [-0.4, -0.2) is 23.3 Å². The standard InChI is InChI=1S/C20H22N2O3S/c1-11-17-15(7-8-16-18(17)22-12(2)26-16)25-19(11)20(23)21-10-13-5-4-6-14(9-13)24-3/h4-6,9,16,18H,7-8,10H2,1-3H3,(H,21,23)/t16-,18-/m1/s1. The second-order valence-corrected chi connectivity index (χ2v) is 8.15. The Labute approximate surface area is 157 Å². The van der Waals surface area contributed by atoms with E-state index in [-0.39, 0.29) is 11.9 Å². The normalized spacial score (nSPS) is 21.0. The number of carbonyl (C=O) groups excluding carboxylic acids is 1. The monoisotopic (exact) mass is 370 g/mol. The van der Waals surface area contributed by atoms with Crippen molar-refractivity contribution in [3.05, 3.63) is 52.5 Å². The molecule has 0 spiro atoms. The van der Waals surface area contributed by atoms with Gasteiger partial charge in [-0.05, 0) is 38.0 Å². The minimum absolute atomic E-state index is 0.132. The summed E-state index contributed by atoms with van der Waals surface area (Å²) in [5.74, 6) is 1.94.